The van der Waals surface area contributed by atoms with Crippen LogP contribution >= 0.6 is 0 Å². The van der Waals surface area contributed by atoms with Gasteiger partial charge < -0.3 is 14.8 Å². The lowest BCUT2D eigenvalue weighted by Gasteiger charge is -2.25. The van der Waals surface area contributed by atoms with Gasteiger partial charge >= 0.3 is 0 Å². The molecule has 0 saturated carbocycles. The predicted octanol–water partition coefficient (Wildman–Crippen LogP) is 3.32. The van der Waals surface area contributed by atoms with E-state index in [2.05, 4.69) is 10.3 Å². The van der Waals surface area contributed by atoms with E-state index < -0.39 is 6.10 Å². The summed E-state index contributed by atoms with van der Waals surface area (Å²) in [4.78, 5) is 17.0. The molecule has 1 aliphatic heterocycles. The van der Waals surface area contributed by atoms with Crippen LogP contribution in [-0.4, -0.2) is 23.6 Å². The van der Waals surface area contributed by atoms with Crippen molar-refractivity contribution in [2.24, 2.45) is 0 Å². The van der Waals surface area contributed by atoms with Crippen molar-refractivity contribution < 1.29 is 14.3 Å². The van der Waals surface area contributed by atoms with Crippen LogP contribution in [0, 0.1) is 6.92 Å². The summed E-state index contributed by atoms with van der Waals surface area (Å²) in [7, 11) is 0. The summed E-state index contributed by atoms with van der Waals surface area (Å²) < 4.78 is 11.4. The van der Waals surface area contributed by atoms with Crippen molar-refractivity contribution in [3.63, 3.8) is 0 Å². The van der Waals surface area contributed by atoms with Gasteiger partial charge in [0.15, 0.2) is 11.5 Å². The number of nitrogens with zero attached hydrogens (tertiary/aromatic N) is 1. The van der Waals surface area contributed by atoms with E-state index in [1.165, 1.54) is 0 Å². The van der Waals surface area contributed by atoms with Gasteiger partial charge in [0.2, 0.25) is 6.10 Å². The van der Waals surface area contributed by atoms with Crippen LogP contribution in [0.1, 0.15) is 5.56 Å². The number of nitrogens with one attached hydrogen (secondary N) is 1. The van der Waals surface area contributed by atoms with E-state index in [1.54, 1.807) is 12.3 Å². The minimum Gasteiger partial charge on any atom is -0.485 e. The summed E-state index contributed by atoms with van der Waals surface area (Å²) in [6.07, 6.45) is 1.06. The van der Waals surface area contributed by atoms with E-state index in [4.69, 9.17) is 9.47 Å². The number of ether oxygens (including phenoxy) is 2. The molecule has 1 unspecified atom stereocenters. The topological polar surface area (TPSA) is 60.5 Å². The molecule has 5 nitrogen and oxygen atoms in total. The lowest BCUT2D eigenvalue weighted by atomic mass is 10.1. The fourth-order valence-electron chi connectivity index (χ4n) is 2.78. The van der Waals surface area contributed by atoms with Crippen LogP contribution in [0.3, 0.4) is 0 Å². The van der Waals surface area contributed by atoms with Crippen molar-refractivity contribution in [1.82, 2.24) is 4.98 Å². The number of fused-ring (bicyclic) bond motifs is 2. The Morgan fingerprint density at radius 2 is 1.96 bits per heavy atom. The fourth-order valence-corrected chi connectivity index (χ4v) is 2.78. The third kappa shape index (κ3) is 2.54. The summed E-state index contributed by atoms with van der Waals surface area (Å²) >= 11 is 0. The van der Waals surface area contributed by atoms with Crippen molar-refractivity contribution in [1.29, 1.82) is 0 Å². The molecular formula is C19H16N2O3. The SMILES string of the molecule is Cc1ccc(NC(=O)C2COc3ccccc3O2)c2cccnc12. The fraction of sp³-hybridized carbons (Fsp3) is 0.158. The molecule has 24 heavy (non-hydrogen) atoms. The number of pyridine rings is 1. The van der Waals surface area contributed by atoms with E-state index >= 15 is 0 Å². The minimum absolute atomic E-state index is 0.185. The number of hydrogen-bond donors (Lipinski definition) is 1. The molecule has 0 spiro atoms. The Bertz CT molecular complexity index is 923. The third-order valence-corrected chi connectivity index (χ3v) is 4.03. The quantitative estimate of drug-likeness (QED) is 0.787. The number of rotatable bonds is 2. The van der Waals surface area contributed by atoms with Crippen molar-refractivity contribution in [2.75, 3.05) is 11.9 Å². The molecule has 0 fully saturated rings. The molecule has 1 atom stereocenters. The third-order valence-electron chi connectivity index (χ3n) is 4.03. The van der Waals surface area contributed by atoms with Gasteiger partial charge in [-0.3, -0.25) is 9.78 Å². The maximum atomic E-state index is 12.6. The standard InChI is InChI=1S/C19H16N2O3/c1-12-8-9-14(13-5-4-10-20-18(12)13)21-19(22)17-11-23-15-6-2-3-7-16(15)24-17/h2-10,17H,11H2,1H3,(H,21,22). The highest BCUT2D eigenvalue weighted by molar-refractivity contribution is 6.03. The van der Waals surface area contributed by atoms with Crippen molar-refractivity contribution >= 4 is 22.5 Å². The second-order valence-electron chi connectivity index (χ2n) is 5.68. The Morgan fingerprint density at radius 1 is 1.12 bits per heavy atom. The van der Waals surface area contributed by atoms with Gasteiger partial charge in [-0.15, -0.1) is 0 Å². The number of amides is 1. The number of benzene rings is 2. The lowest BCUT2D eigenvalue weighted by Crippen LogP contribution is -2.40. The number of carbonyl (C=O) groups excluding carboxylic acids is 1. The van der Waals surface area contributed by atoms with Crippen LogP contribution < -0.4 is 14.8 Å². The Labute approximate surface area is 139 Å². The normalized spacial score (nSPS) is 16.0. The van der Waals surface area contributed by atoms with Crippen molar-refractivity contribution in [3.05, 3.63) is 60.3 Å². The number of para-hydroxylation sites is 2. The molecule has 0 radical (unpaired) electrons. The number of hydrogen-bond acceptors (Lipinski definition) is 4. The molecule has 1 aliphatic rings. The van der Waals surface area contributed by atoms with Gasteiger partial charge in [-0.2, -0.15) is 0 Å². The van der Waals surface area contributed by atoms with E-state index in [1.807, 2.05) is 49.4 Å². The van der Waals surface area contributed by atoms with Crippen LogP contribution in [0.2, 0.25) is 0 Å². The summed E-state index contributed by atoms with van der Waals surface area (Å²) in [6, 6.07) is 15.0. The Kier molecular flexibility index (Phi) is 3.54. The van der Waals surface area contributed by atoms with Gasteiger partial charge in [-0.1, -0.05) is 18.2 Å². The molecule has 0 aliphatic carbocycles. The second kappa shape index (κ2) is 5.85. The first-order chi connectivity index (χ1) is 11.7. The zero-order chi connectivity index (χ0) is 16.5. The number of aromatic nitrogens is 1. The molecule has 1 amide bonds. The maximum absolute atomic E-state index is 12.6. The van der Waals surface area contributed by atoms with E-state index in [-0.39, 0.29) is 12.5 Å². The van der Waals surface area contributed by atoms with Crippen LogP contribution in [0.4, 0.5) is 5.69 Å². The average Bonchev–Trinajstić information content (AvgIpc) is 2.64. The molecule has 0 bridgehead atoms. The van der Waals surface area contributed by atoms with Gasteiger partial charge in [-0.25, -0.2) is 0 Å². The van der Waals surface area contributed by atoms with Crippen LogP contribution in [-0.2, 0) is 4.79 Å². The van der Waals surface area contributed by atoms with E-state index in [0.717, 1.165) is 22.2 Å². The second-order valence-corrected chi connectivity index (χ2v) is 5.68. The number of aryl methyl sites for hydroxylation is 1. The average molecular weight is 320 g/mol. The Morgan fingerprint density at radius 3 is 2.83 bits per heavy atom. The zero-order valence-electron chi connectivity index (χ0n) is 13.2. The monoisotopic (exact) mass is 320 g/mol. The molecule has 3 aromatic rings. The highest BCUT2D eigenvalue weighted by atomic mass is 16.6. The minimum atomic E-state index is -0.687. The Hall–Kier alpha value is -3.08. The summed E-state index contributed by atoms with van der Waals surface area (Å²) in [5.41, 5.74) is 2.66. The van der Waals surface area contributed by atoms with Gasteiger partial charge in [0, 0.05) is 11.6 Å². The van der Waals surface area contributed by atoms with Crippen LogP contribution in [0.15, 0.2) is 54.7 Å². The van der Waals surface area contributed by atoms with Crippen molar-refractivity contribution in [3.8, 4) is 11.5 Å². The zero-order valence-corrected chi connectivity index (χ0v) is 13.2. The number of carbonyl (C=O) groups is 1. The lowest BCUT2D eigenvalue weighted by molar-refractivity contribution is -0.125. The van der Waals surface area contributed by atoms with E-state index in [0.29, 0.717) is 11.5 Å². The first kappa shape index (κ1) is 14.5. The van der Waals surface area contributed by atoms with Gasteiger partial charge in [-0.05, 0) is 42.8 Å². The molecule has 120 valence electrons. The van der Waals surface area contributed by atoms with Crippen molar-refractivity contribution in [2.45, 2.75) is 13.0 Å². The molecule has 1 aromatic heterocycles. The van der Waals surface area contributed by atoms with Gasteiger partial charge in [0.1, 0.15) is 6.61 Å². The molecule has 1 N–H and O–H groups in total. The first-order valence-electron chi connectivity index (χ1n) is 7.76. The molecule has 0 saturated heterocycles. The summed E-state index contributed by atoms with van der Waals surface area (Å²) in [5.74, 6) is 1.00. The summed E-state index contributed by atoms with van der Waals surface area (Å²) in [5, 5.41) is 3.83. The number of anilines is 1. The van der Waals surface area contributed by atoms with Gasteiger partial charge in [0.25, 0.3) is 5.91 Å². The summed E-state index contributed by atoms with van der Waals surface area (Å²) in [6.45, 7) is 2.18. The highest BCUT2D eigenvalue weighted by Crippen LogP contribution is 2.31. The molecule has 2 aromatic carbocycles. The highest BCUT2D eigenvalue weighted by Gasteiger charge is 2.27. The predicted molar refractivity (Wildman–Crippen MR) is 91.5 cm³/mol. The Balaban J connectivity index is 1.58. The van der Waals surface area contributed by atoms with Gasteiger partial charge in [0.05, 0.1) is 11.2 Å². The van der Waals surface area contributed by atoms with Crippen LogP contribution in [0.25, 0.3) is 10.9 Å². The molecule has 5 heteroatoms. The van der Waals surface area contributed by atoms with Crippen LogP contribution in [0.5, 0.6) is 11.5 Å². The van der Waals surface area contributed by atoms with E-state index in [9.17, 15) is 4.79 Å². The smallest absolute Gasteiger partial charge is 0.269 e. The largest absolute Gasteiger partial charge is 0.485 e. The maximum Gasteiger partial charge on any atom is 0.269 e. The molecule has 4 rings (SSSR count). The molecule has 2 heterocycles. The first-order valence-corrected chi connectivity index (χ1v) is 7.76. The molecular weight excluding hydrogens is 304 g/mol.